The topological polar surface area (TPSA) is 41.6 Å². The molecule has 0 aliphatic heterocycles. The first kappa shape index (κ1) is 14.8. The van der Waals surface area contributed by atoms with Crippen LogP contribution < -0.4 is 10.1 Å². The Morgan fingerprint density at radius 1 is 1.44 bits per heavy atom. The van der Waals surface area contributed by atoms with Crippen LogP contribution in [0.2, 0.25) is 5.02 Å². The summed E-state index contributed by atoms with van der Waals surface area (Å²) in [5, 5.41) is 3.62. The van der Waals surface area contributed by atoms with Gasteiger partial charge in [-0.2, -0.15) is 0 Å². The van der Waals surface area contributed by atoms with Crippen molar-refractivity contribution in [3.8, 4) is 5.75 Å². The van der Waals surface area contributed by atoms with Crippen molar-refractivity contribution >= 4 is 17.5 Å². The van der Waals surface area contributed by atoms with Crippen LogP contribution in [0, 0.1) is 0 Å². The van der Waals surface area contributed by atoms with E-state index in [1.54, 1.807) is 19.0 Å². The van der Waals surface area contributed by atoms with Gasteiger partial charge in [-0.25, -0.2) is 0 Å². The number of halogens is 1. The second-order valence-electron chi connectivity index (χ2n) is 4.18. The maximum atomic E-state index is 11.4. The molecule has 5 heteroatoms. The third-order valence-corrected chi connectivity index (χ3v) is 2.74. The lowest BCUT2D eigenvalue weighted by molar-refractivity contribution is -0.129. The Morgan fingerprint density at radius 2 is 2.17 bits per heavy atom. The summed E-state index contributed by atoms with van der Waals surface area (Å²) in [6.07, 6.45) is 0.349. The van der Waals surface area contributed by atoms with Gasteiger partial charge in [0, 0.05) is 20.6 Å². The molecule has 0 atom stereocenters. The van der Waals surface area contributed by atoms with E-state index in [1.165, 1.54) is 0 Å². The third-order valence-electron chi connectivity index (χ3n) is 2.45. The Morgan fingerprint density at radius 3 is 2.72 bits per heavy atom. The molecule has 0 fully saturated rings. The number of rotatable bonds is 6. The molecule has 18 heavy (non-hydrogen) atoms. The number of ether oxygens (including phenoxy) is 1. The highest BCUT2D eigenvalue weighted by atomic mass is 35.5. The molecule has 100 valence electrons. The van der Waals surface area contributed by atoms with Gasteiger partial charge in [0.15, 0.2) is 0 Å². The van der Waals surface area contributed by atoms with Crippen molar-refractivity contribution in [1.29, 1.82) is 0 Å². The van der Waals surface area contributed by atoms with E-state index in [2.05, 4.69) is 5.32 Å². The van der Waals surface area contributed by atoms with Crippen molar-refractivity contribution < 1.29 is 9.53 Å². The summed E-state index contributed by atoms with van der Waals surface area (Å²) in [6.45, 7) is 1.10. The minimum Gasteiger partial charge on any atom is -0.491 e. The number of nitrogens with zero attached hydrogens (tertiary/aromatic N) is 1. The number of hydrogen-bond acceptors (Lipinski definition) is 3. The van der Waals surface area contributed by atoms with Gasteiger partial charge >= 0.3 is 0 Å². The van der Waals surface area contributed by atoms with Gasteiger partial charge < -0.3 is 15.0 Å². The van der Waals surface area contributed by atoms with Gasteiger partial charge in [-0.15, -0.1) is 0 Å². The van der Waals surface area contributed by atoms with Gasteiger partial charge in [-0.3, -0.25) is 4.79 Å². The summed E-state index contributed by atoms with van der Waals surface area (Å²) < 4.78 is 5.49. The van der Waals surface area contributed by atoms with Crippen LogP contribution in [0.5, 0.6) is 5.75 Å². The number of benzene rings is 1. The number of hydrogen-bond donors (Lipinski definition) is 1. The molecule has 1 rings (SSSR count). The van der Waals surface area contributed by atoms with Crippen molar-refractivity contribution in [3.63, 3.8) is 0 Å². The molecule has 1 amide bonds. The molecule has 4 nitrogen and oxygen atoms in total. The molecule has 0 aromatic heterocycles. The lowest BCUT2D eigenvalue weighted by Gasteiger charge is -2.12. The predicted molar refractivity (Wildman–Crippen MR) is 73.0 cm³/mol. The Balaban J connectivity index is 2.50. The second kappa shape index (κ2) is 7.24. The van der Waals surface area contributed by atoms with Crippen LogP contribution in [0.3, 0.4) is 0 Å². The van der Waals surface area contributed by atoms with E-state index in [0.29, 0.717) is 23.8 Å². The molecule has 1 N–H and O–H groups in total. The summed E-state index contributed by atoms with van der Waals surface area (Å²) >= 11 is 6.09. The zero-order valence-corrected chi connectivity index (χ0v) is 11.8. The average molecular weight is 271 g/mol. The molecular weight excluding hydrogens is 252 g/mol. The monoisotopic (exact) mass is 270 g/mol. The highest BCUT2D eigenvalue weighted by molar-refractivity contribution is 6.32. The normalized spacial score (nSPS) is 10.2. The maximum Gasteiger partial charge on any atom is 0.225 e. The summed E-state index contributed by atoms with van der Waals surface area (Å²) in [4.78, 5) is 12.9. The summed E-state index contributed by atoms with van der Waals surface area (Å²) in [5.41, 5.74) is 1.10. The van der Waals surface area contributed by atoms with Crippen molar-refractivity contribution in [1.82, 2.24) is 10.2 Å². The highest BCUT2D eigenvalue weighted by Crippen LogP contribution is 2.25. The predicted octanol–water partition coefficient (Wildman–Crippen LogP) is 1.92. The zero-order valence-electron chi connectivity index (χ0n) is 11.0. The molecule has 0 radical (unpaired) electrons. The van der Waals surface area contributed by atoms with Crippen LogP contribution in [0.4, 0.5) is 0 Å². The molecule has 0 saturated heterocycles. The quantitative estimate of drug-likeness (QED) is 0.859. The van der Waals surface area contributed by atoms with Crippen molar-refractivity contribution in [2.24, 2.45) is 0 Å². The first-order valence-corrected chi connectivity index (χ1v) is 6.18. The van der Waals surface area contributed by atoms with Crippen LogP contribution in [0.25, 0.3) is 0 Å². The first-order valence-electron chi connectivity index (χ1n) is 5.80. The van der Waals surface area contributed by atoms with Crippen LogP contribution in [-0.4, -0.2) is 38.6 Å². The highest BCUT2D eigenvalue weighted by Gasteiger charge is 2.06. The molecule has 1 aromatic rings. The molecule has 0 unspecified atom stereocenters. The zero-order chi connectivity index (χ0) is 13.5. The Labute approximate surface area is 113 Å². The van der Waals surface area contributed by atoms with E-state index in [-0.39, 0.29) is 5.91 Å². The van der Waals surface area contributed by atoms with Gasteiger partial charge in [-0.05, 0) is 24.7 Å². The maximum absolute atomic E-state index is 11.4. The molecule has 0 bridgehead atoms. The fraction of sp³-hybridized carbons (Fsp3) is 0.462. The van der Waals surface area contributed by atoms with Crippen molar-refractivity contribution in [2.45, 2.75) is 13.0 Å². The Hall–Kier alpha value is -1.26. The van der Waals surface area contributed by atoms with Gasteiger partial charge in [0.2, 0.25) is 5.91 Å². The Kier molecular flexibility index (Phi) is 5.95. The largest absolute Gasteiger partial charge is 0.491 e. The van der Waals surface area contributed by atoms with Gasteiger partial charge in [0.25, 0.3) is 0 Å². The number of nitrogens with one attached hydrogen (secondary N) is 1. The van der Waals surface area contributed by atoms with E-state index >= 15 is 0 Å². The van der Waals surface area contributed by atoms with E-state index in [1.807, 2.05) is 25.2 Å². The van der Waals surface area contributed by atoms with Crippen LogP contribution in [-0.2, 0) is 11.3 Å². The van der Waals surface area contributed by atoms with E-state index < -0.39 is 0 Å². The van der Waals surface area contributed by atoms with Crippen LogP contribution >= 0.6 is 11.6 Å². The Bertz CT molecular complexity index is 408. The number of carbonyl (C=O) groups is 1. The summed E-state index contributed by atoms with van der Waals surface area (Å²) in [5.74, 6) is 0.654. The SMILES string of the molecule is CNCc1ccc(OCCC(=O)N(C)C)c(Cl)c1. The summed E-state index contributed by atoms with van der Waals surface area (Å²) in [6, 6.07) is 5.64. The number of carbonyl (C=O) groups excluding carboxylic acids is 1. The summed E-state index contributed by atoms with van der Waals surface area (Å²) in [7, 11) is 5.33. The van der Waals surface area contributed by atoms with E-state index in [4.69, 9.17) is 16.3 Å². The molecule has 0 aliphatic carbocycles. The fourth-order valence-electron chi connectivity index (χ4n) is 1.45. The smallest absolute Gasteiger partial charge is 0.225 e. The minimum atomic E-state index is 0.0397. The van der Waals surface area contributed by atoms with E-state index in [0.717, 1.165) is 12.1 Å². The first-order chi connectivity index (χ1) is 8.54. The van der Waals surface area contributed by atoms with Crippen LogP contribution in [0.1, 0.15) is 12.0 Å². The molecule has 0 aliphatic rings. The fourth-order valence-corrected chi connectivity index (χ4v) is 1.71. The molecule has 0 heterocycles. The van der Waals surface area contributed by atoms with E-state index in [9.17, 15) is 4.79 Å². The average Bonchev–Trinajstić information content (AvgIpc) is 2.32. The van der Waals surface area contributed by atoms with Crippen LogP contribution in [0.15, 0.2) is 18.2 Å². The lowest BCUT2D eigenvalue weighted by atomic mass is 10.2. The van der Waals surface area contributed by atoms with Gasteiger partial charge in [0.05, 0.1) is 18.1 Å². The molecule has 0 spiro atoms. The lowest BCUT2D eigenvalue weighted by Crippen LogP contribution is -2.23. The standard InChI is InChI=1S/C13H19ClN2O2/c1-15-9-10-4-5-12(11(14)8-10)18-7-6-13(17)16(2)3/h4-5,8,15H,6-7,9H2,1-3H3. The second-order valence-corrected chi connectivity index (χ2v) is 4.59. The third kappa shape index (κ3) is 4.55. The molecule has 1 aromatic carbocycles. The van der Waals surface area contributed by atoms with Crippen molar-refractivity contribution in [3.05, 3.63) is 28.8 Å². The molecule has 0 saturated carbocycles. The van der Waals surface area contributed by atoms with Gasteiger partial charge in [-0.1, -0.05) is 17.7 Å². The number of amides is 1. The van der Waals surface area contributed by atoms with Gasteiger partial charge in [0.1, 0.15) is 5.75 Å². The van der Waals surface area contributed by atoms with Crippen molar-refractivity contribution in [2.75, 3.05) is 27.7 Å². The molecular formula is C13H19ClN2O2. The minimum absolute atomic E-state index is 0.0397.